The van der Waals surface area contributed by atoms with Gasteiger partial charge in [0.2, 0.25) is 0 Å². The van der Waals surface area contributed by atoms with Gasteiger partial charge in [0, 0.05) is 49.4 Å². The Morgan fingerprint density at radius 1 is 1.18 bits per heavy atom. The predicted molar refractivity (Wildman–Crippen MR) is 136 cm³/mol. The molecule has 3 atom stereocenters. The molecule has 3 unspecified atom stereocenters. The van der Waals surface area contributed by atoms with Crippen LogP contribution >= 0.6 is 0 Å². The lowest BCUT2D eigenvalue weighted by Gasteiger charge is -2.23. The number of hydrogen-bond donors (Lipinski definition) is 2. The average Bonchev–Trinajstić information content (AvgIpc) is 3.26. The van der Waals surface area contributed by atoms with Crippen molar-refractivity contribution in [3.8, 4) is 11.3 Å². The van der Waals surface area contributed by atoms with Gasteiger partial charge in [0.25, 0.3) is 0 Å². The number of carbonyl (C=O) groups is 1. The van der Waals surface area contributed by atoms with Crippen molar-refractivity contribution in [2.24, 2.45) is 17.6 Å². The molecule has 2 fully saturated rings. The fraction of sp³-hybridized carbons (Fsp3) is 0.407. The van der Waals surface area contributed by atoms with E-state index in [1.807, 2.05) is 32.3 Å². The van der Waals surface area contributed by atoms with Gasteiger partial charge in [-0.2, -0.15) is 0 Å². The van der Waals surface area contributed by atoms with Crippen molar-refractivity contribution in [1.82, 2.24) is 10.3 Å². The van der Waals surface area contributed by atoms with Crippen molar-refractivity contribution in [3.05, 3.63) is 53.8 Å². The van der Waals surface area contributed by atoms with Crippen LogP contribution in [0.15, 0.2) is 42.5 Å². The van der Waals surface area contributed by atoms with Crippen LogP contribution in [0.2, 0.25) is 0 Å². The number of carbonyl (C=O) groups excluding carboxylic acids is 1. The second-order valence-corrected chi connectivity index (χ2v) is 9.89. The van der Waals surface area contributed by atoms with Crippen LogP contribution in [0.4, 0.5) is 15.8 Å². The van der Waals surface area contributed by atoms with Gasteiger partial charge >= 0.3 is 0 Å². The maximum atomic E-state index is 15.0. The number of nitrogens with two attached hydrogens (primary N) is 1. The third kappa shape index (κ3) is 4.14. The van der Waals surface area contributed by atoms with Gasteiger partial charge in [-0.25, -0.2) is 9.37 Å². The Bertz CT molecular complexity index is 1210. The van der Waals surface area contributed by atoms with Crippen molar-refractivity contribution in [2.45, 2.75) is 19.4 Å². The molecule has 178 valence electrons. The van der Waals surface area contributed by atoms with E-state index in [4.69, 9.17) is 10.7 Å². The van der Waals surface area contributed by atoms with Crippen LogP contribution in [-0.4, -0.2) is 57.1 Å². The number of nitrogens with zero attached hydrogens (tertiary/aromatic N) is 3. The first-order chi connectivity index (χ1) is 16.3. The number of nitrogens with one attached hydrogen (secondary N) is 1. The summed E-state index contributed by atoms with van der Waals surface area (Å²) in [6.07, 6.45) is 1.17. The van der Waals surface area contributed by atoms with Gasteiger partial charge < -0.3 is 20.9 Å². The van der Waals surface area contributed by atoms with Crippen LogP contribution in [0.25, 0.3) is 22.2 Å². The van der Waals surface area contributed by atoms with E-state index in [0.717, 1.165) is 54.0 Å². The molecule has 2 aliphatic rings. The monoisotopic (exact) mass is 461 g/mol. The second kappa shape index (κ2) is 8.96. The molecule has 7 heteroatoms. The SMILES string of the molecule is CC(N)C(=O)c1ccc(-c2cc(N3CC4CCNCC4C3)c3cc(F)c(N(C)C)cc3n2)cc1. The lowest BCUT2D eigenvalue weighted by atomic mass is 9.90. The van der Waals surface area contributed by atoms with Gasteiger partial charge in [0.05, 0.1) is 22.9 Å². The van der Waals surface area contributed by atoms with Crippen LogP contribution in [-0.2, 0) is 0 Å². The van der Waals surface area contributed by atoms with E-state index in [2.05, 4.69) is 16.3 Å². The summed E-state index contributed by atoms with van der Waals surface area (Å²) in [5.74, 6) is 0.931. The minimum atomic E-state index is -0.538. The number of piperidine rings is 1. The zero-order valence-corrected chi connectivity index (χ0v) is 20.0. The van der Waals surface area contributed by atoms with Gasteiger partial charge in [-0.15, -0.1) is 0 Å². The summed E-state index contributed by atoms with van der Waals surface area (Å²) in [4.78, 5) is 21.4. The Labute approximate surface area is 199 Å². The number of fused-ring (bicyclic) bond motifs is 2. The first-order valence-corrected chi connectivity index (χ1v) is 12.0. The summed E-state index contributed by atoms with van der Waals surface area (Å²) in [5.41, 5.74) is 10.4. The molecule has 3 N–H and O–H groups in total. The Morgan fingerprint density at radius 2 is 1.91 bits per heavy atom. The topological polar surface area (TPSA) is 74.5 Å². The van der Waals surface area contributed by atoms with Crippen LogP contribution < -0.4 is 20.9 Å². The Kier molecular flexibility index (Phi) is 6.00. The number of anilines is 2. The number of pyridine rings is 1. The molecule has 2 aromatic carbocycles. The second-order valence-electron chi connectivity index (χ2n) is 9.89. The normalized spacial score (nSPS) is 20.9. The highest BCUT2D eigenvalue weighted by Gasteiger charge is 2.35. The molecular formula is C27H32FN5O. The molecule has 34 heavy (non-hydrogen) atoms. The molecule has 0 bridgehead atoms. The summed E-state index contributed by atoms with van der Waals surface area (Å²) in [7, 11) is 3.67. The fourth-order valence-corrected chi connectivity index (χ4v) is 5.31. The molecule has 0 spiro atoms. The van der Waals surface area contributed by atoms with Crippen molar-refractivity contribution in [2.75, 3.05) is 50.1 Å². The summed E-state index contributed by atoms with van der Waals surface area (Å²) in [6.45, 7) is 5.72. The first-order valence-electron chi connectivity index (χ1n) is 12.0. The van der Waals surface area contributed by atoms with Gasteiger partial charge in [-0.3, -0.25) is 4.79 Å². The zero-order valence-electron chi connectivity index (χ0n) is 20.0. The molecule has 6 nitrogen and oxygen atoms in total. The number of aromatic nitrogens is 1. The Hall–Kier alpha value is -3.03. The highest BCUT2D eigenvalue weighted by Crippen LogP contribution is 2.39. The molecule has 0 radical (unpaired) electrons. The number of ketones is 1. The van der Waals surface area contributed by atoms with Crippen molar-refractivity contribution < 1.29 is 9.18 Å². The molecule has 3 aromatic rings. The minimum Gasteiger partial charge on any atom is -0.375 e. The third-order valence-corrected chi connectivity index (χ3v) is 7.23. The van der Waals surface area contributed by atoms with E-state index in [1.54, 1.807) is 30.0 Å². The molecule has 0 saturated carbocycles. The van der Waals surface area contributed by atoms with E-state index < -0.39 is 6.04 Å². The van der Waals surface area contributed by atoms with E-state index in [0.29, 0.717) is 23.1 Å². The van der Waals surface area contributed by atoms with E-state index in [1.165, 1.54) is 6.42 Å². The lowest BCUT2D eigenvalue weighted by Crippen LogP contribution is -2.35. The molecule has 3 heterocycles. The lowest BCUT2D eigenvalue weighted by molar-refractivity contribution is 0.0968. The number of hydrogen-bond acceptors (Lipinski definition) is 6. The van der Waals surface area contributed by atoms with Crippen molar-refractivity contribution in [3.63, 3.8) is 0 Å². The van der Waals surface area contributed by atoms with Crippen LogP contribution in [0.3, 0.4) is 0 Å². The number of benzene rings is 2. The molecule has 0 aliphatic carbocycles. The Balaban J connectivity index is 1.61. The number of halogens is 1. The fourth-order valence-electron chi connectivity index (χ4n) is 5.31. The third-order valence-electron chi connectivity index (χ3n) is 7.23. The van der Waals surface area contributed by atoms with Crippen molar-refractivity contribution >= 4 is 28.1 Å². The van der Waals surface area contributed by atoms with Gasteiger partial charge in [-0.05, 0) is 56.5 Å². The van der Waals surface area contributed by atoms with Gasteiger partial charge in [-0.1, -0.05) is 24.3 Å². The van der Waals surface area contributed by atoms with E-state index in [-0.39, 0.29) is 11.6 Å². The summed E-state index contributed by atoms with van der Waals surface area (Å²) < 4.78 is 15.0. The number of rotatable bonds is 5. The summed E-state index contributed by atoms with van der Waals surface area (Å²) in [6, 6.07) is 12.4. The average molecular weight is 462 g/mol. The smallest absolute Gasteiger partial charge is 0.179 e. The van der Waals surface area contributed by atoms with Gasteiger partial charge in [0.1, 0.15) is 5.82 Å². The quantitative estimate of drug-likeness (QED) is 0.565. The largest absolute Gasteiger partial charge is 0.375 e. The summed E-state index contributed by atoms with van der Waals surface area (Å²) >= 11 is 0. The predicted octanol–water partition coefficient (Wildman–Crippen LogP) is 3.68. The van der Waals surface area contributed by atoms with Crippen LogP contribution in [0.1, 0.15) is 23.7 Å². The standard InChI is InChI=1S/C27H32FN5O/c1-16(29)27(34)18-6-4-17(5-7-18)23-11-25(33-14-19-8-9-30-13-20(19)15-33)21-10-22(28)26(32(2)3)12-24(21)31-23/h4-7,10-12,16,19-20,30H,8-9,13-15,29H2,1-3H3. The van der Waals surface area contributed by atoms with Gasteiger partial charge in [0.15, 0.2) is 5.78 Å². The molecular weight excluding hydrogens is 429 g/mol. The summed E-state index contributed by atoms with van der Waals surface area (Å²) in [5, 5.41) is 4.35. The maximum absolute atomic E-state index is 15.0. The minimum absolute atomic E-state index is 0.0851. The zero-order chi connectivity index (χ0) is 24.0. The molecule has 2 saturated heterocycles. The highest BCUT2D eigenvalue weighted by molar-refractivity contribution is 6.00. The molecule has 2 aliphatic heterocycles. The molecule has 5 rings (SSSR count). The van der Waals surface area contributed by atoms with E-state index >= 15 is 4.39 Å². The Morgan fingerprint density at radius 3 is 2.59 bits per heavy atom. The van der Waals surface area contributed by atoms with E-state index in [9.17, 15) is 4.79 Å². The van der Waals surface area contributed by atoms with Crippen LogP contribution in [0.5, 0.6) is 0 Å². The first kappa shape index (κ1) is 22.7. The van der Waals surface area contributed by atoms with Crippen LogP contribution in [0, 0.1) is 17.7 Å². The van der Waals surface area contributed by atoms with Crippen molar-refractivity contribution in [1.29, 1.82) is 0 Å². The molecule has 1 aromatic heterocycles. The maximum Gasteiger partial charge on any atom is 0.179 e. The highest BCUT2D eigenvalue weighted by atomic mass is 19.1. The number of Topliss-reactive ketones (excluding diaryl/α,β-unsaturated/α-hetero) is 1. The molecule has 0 amide bonds.